The Hall–Kier alpha value is -1.07. The van der Waals surface area contributed by atoms with E-state index in [1.54, 1.807) is 7.11 Å². The zero-order chi connectivity index (χ0) is 13.5. The van der Waals surface area contributed by atoms with Gasteiger partial charge < -0.3 is 15.0 Å². The summed E-state index contributed by atoms with van der Waals surface area (Å²) >= 11 is 0. The highest BCUT2D eigenvalue weighted by Crippen LogP contribution is 2.28. The van der Waals surface area contributed by atoms with Crippen LogP contribution in [0.15, 0.2) is 6.20 Å². The van der Waals surface area contributed by atoms with Gasteiger partial charge in [-0.3, -0.25) is 4.68 Å². The molecule has 1 aromatic heterocycles. The third kappa shape index (κ3) is 3.99. The van der Waals surface area contributed by atoms with Gasteiger partial charge in [0.25, 0.3) is 0 Å². The largest absolute Gasteiger partial charge is 0.493 e. The molecule has 5 heteroatoms. The summed E-state index contributed by atoms with van der Waals surface area (Å²) in [4.78, 5) is 2.16. The number of hydrogen-bond acceptors (Lipinski definition) is 4. The summed E-state index contributed by atoms with van der Waals surface area (Å²) < 4.78 is 7.49. The lowest BCUT2D eigenvalue weighted by Crippen LogP contribution is -2.21. The van der Waals surface area contributed by atoms with Crippen LogP contribution < -0.4 is 10.1 Å². The second-order valence-corrected chi connectivity index (χ2v) is 4.92. The van der Waals surface area contributed by atoms with Crippen LogP contribution in [0.2, 0.25) is 0 Å². The van der Waals surface area contributed by atoms with Crippen LogP contribution >= 0.6 is 0 Å². The Balaban J connectivity index is 2.80. The van der Waals surface area contributed by atoms with Crippen molar-refractivity contribution in [2.24, 2.45) is 0 Å². The van der Waals surface area contributed by atoms with Crippen molar-refractivity contribution in [1.82, 2.24) is 20.0 Å². The van der Waals surface area contributed by atoms with Gasteiger partial charge in [-0.15, -0.1) is 0 Å². The Morgan fingerprint density at radius 3 is 2.78 bits per heavy atom. The zero-order valence-corrected chi connectivity index (χ0v) is 12.2. The van der Waals surface area contributed by atoms with Crippen molar-refractivity contribution >= 4 is 0 Å². The third-order valence-electron chi connectivity index (χ3n) is 3.12. The molecular formula is C13H26N4O. The van der Waals surface area contributed by atoms with Crippen LogP contribution in [0.25, 0.3) is 0 Å². The highest BCUT2D eigenvalue weighted by molar-refractivity contribution is 5.28. The summed E-state index contributed by atoms with van der Waals surface area (Å²) in [5.41, 5.74) is 1.20. The summed E-state index contributed by atoms with van der Waals surface area (Å²) in [6, 6.07) is 0. The van der Waals surface area contributed by atoms with E-state index in [9.17, 15) is 0 Å². The van der Waals surface area contributed by atoms with Crippen molar-refractivity contribution in [3.8, 4) is 5.75 Å². The van der Waals surface area contributed by atoms with Gasteiger partial charge in [0.15, 0.2) is 5.75 Å². The molecule has 1 rings (SSSR count). The third-order valence-corrected chi connectivity index (χ3v) is 3.12. The first-order valence-corrected chi connectivity index (χ1v) is 6.49. The van der Waals surface area contributed by atoms with Crippen molar-refractivity contribution in [2.45, 2.75) is 25.8 Å². The average molecular weight is 254 g/mol. The number of methoxy groups -OCH3 is 1. The van der Waals surface area contributed by atoms with Crippen LogP contribution in [-0.2, 0) is 6.54 Å². The second kappa shape index (κ2) is 7.38. The van der Waals surface area contributed by atoms with Gasteiger partial charge in [-0.1, -0.05) is 6.92 Å². The highest BCUT2D eigenvalue weighted by atomic mass is 16.5. The van der Waals surface area contributed by atoms with Crippen LogP contribution in [-0.4, -0.2) is 56.0 Å². The molecule has 1 N–H and O–H groups in total. The molecule has 0 saturated carbocycles. The van der Waals surface area contributed by atoms with E-state index in [2.05, 4.69) is 41.0 Å². The molecule has 0 fully saturated rings. The number of nitrogens with one attached hydrogen (secondary N) is 1. The smallest absolute Gasteiger partial charge is 0.160 e. The first-order valence-electron chi connectivity index (χ1n) is 6.49. The Labute approximate surface area is 110 Å². The lowest BCUT2D eigenvalue weighted by atomic mass is 10.0. The zero-order valence-electron chi connectivity index (χ0n) is 12.2. The molecule has 1 unspecified atom stereocenters. The molecule has 0 aliphatic rings. The standard InChI is InChI=1S/C13H26N4O/c1-11(6-7-14-2)13-12(18-5)10-15-17(13)9-8-16(3)4/h10-11,14H,6-9H2,1-5H3. The summed E-state index contributed by atoms with van der Waals surface area (Å²) in [6.07, 6.45) is 2.90. The van der Waals surface area contributed by atoms with E-state index in [4.69, 9.17) is 4.74 Å². The number of ether oxygens (including phenoxy) is 1. The molecule has 1 heterocycles. The van der Waals surface area contributed by atoms with Crippen molar-refractivity contribution in [3.63, 3.8) is 0 Å². The molecule has 1 atom stereocenters. The Kier molecular flexibility index (Phi) is 6.15. The van der Waals surface area contributed by atoms with Gasteiger partial charge in [0.2, 0.25) is 0 Å². The van der Waals surface area contributed by atoms with Gasteiger partial charge in [-0.05, 0) is 34.1 Å². The minimum atomic E-state index is 0.442. The monoisotopic (exact) mass is 254 g/mol. The van der Waals surface area contributed by atoms with Crippen molar-refractivity contribution in [2.75, 3.05) is 41.3 Å². The quantitative estimate of drug-likeness (QED) is 0.756. The van der Waals surface area contributed by atoms with E-state index in [0.29, 0.717) is 5.92 Å². The topological polar surface area (TPSA) is 42.3 Å². The molecule has 104 valence electrons. The molecule has 18 heavy (non-hydrogen) atoms. The van der Waals surface area contributed by atoms with E-state index in [1.165, 1.54) is 5.69 Å². The number of rotatable bonds is 8. The van der Waals surface area contributed by atoms with Crippen LogP contribution in [0.5, 0.6) is 5.75 Å². The van der Waals surface area contributed by atoms with Crippen LogP contribution in [0.4, 0.5) is 0 Å². The predicted octanol–water partition coefficient (Wildman–Crippen LogP) is 1.17. The number of aromatic nitrogens is 2. The first-order chi connectivity index (χ1) is 8.60. The summed E-state index contributed by atoms with van der Waals surface area (Å²) in [6.45, 7) is 5.11. The maximum absolute atomic E-state index is 5.42. The van der Waals surface area contributed by atoms with Crippen molar-refractivity contribution < 1.29 is 4.74 Å². The SMILES string of the molecule is CNCCC(C)c1c(OC)cnn1CCN(C)C. The van der Waals surface area contributed by atoms with Gasteiger partial charge in [0, 0.05) is 12.5 Å². The number of likely N-dealkylation sites (N-methyl/N-ethyl adjacent to an activating group) is 1. The predicted molar refractivity (Wildman–Crippen MR) is 74.3 cm³/mol. The Bertz CT molecular complexity index is 349. The number of nitrogens with zero attached hydrogens (tertiary/aromatic N) is 3. The molecule has 0 aliphatic carbocycles. The molecule has 1 aromatic rings. The van der Waals surface area contributed by atoms with E-state index >= 15 is 0 Å². The fraction of sp³-hybridized carbons (Fsp3) is 0.769. The van der Waals surface area contributed by atoms with Gasteiger partial charge in [-0.2, -0.15) is 5.10 Å². The lowest BCUT2D eigenvalue weighted by Gasteiger charge is -2.17. The van der Waals surface area contributed by atoms with Gasteiger partial charge in [0.05, 0.1) is 25.5 Å². The molecular weight excluding hydrogens is 228 g/mol. The Morgan fingerprint density at radius 2 is 2.22 bits per heavy atom. The van der Waals surface area contributed by atoms with Gasteiger partial charge in [0.1, 0.15) is 0 Å². The van der Waals surface area contributed by atoms with Gasteiger partial charge in [-0.25, -0.2) is 0 Å². The Morgan fingerprint density at radius 1 is 1.50 bits per heavy atom. The summed E-state index contributed by atoms with van der Waals surface area (Å²) in [5.74, 6) is 1.34. The summed E-state index contributed by atoms with van der Waals surface area (Å²) in [7, 11) is 7.84. The molecule has 0 radical (unpaired) electrons. The first kappa shape index (κ1) is 15.0. The van der Waals surface area contributed by atoms with E-state index in [1.807, 2.05) is 13.2 Å². The highest BCUT2D eigenvalue weighted by Gasteiger charge is 2.17. The molecule has 0 bridgehead atoms. The van der Waals surface area contributed by atoms with Crippen LogP contribution in [0, 0.1) is 0 Å². The van der Waals surface area contributed by atoms with Gasteiger partial charge >= 0.3 is 0 Å². The summed E-state index contributed by atoms with van der Waals surface area (Å²) in [5, 5.41) is 7.62. The molecule has 0 saturated heterocycles. The minimum absolute atomic E-state index is 0.442. The normalized spacial score (nSPS) is 13.0. The molecule has 0 aliphatic heterocycles. The molecule has 0 amide bonds. The van der Waals surface area contributed by atoms with Crippen molar-refractivity contribution in [1.29, 1.82) is 0 Å². The van der Waals surface area contributed by atoms with Crippen LogP contribution in [0.1, 0.15) is 25.0 Å². The van der Waals surface area contributed by atoms with E-state index in [-0.39, 0.29) is 0 Å². The number of hydrogen-bond donors (Lipinski definition) is 1. The molecule has 5 nitrogen and oxygen atoms in total. The fourth-order valence-electron chi connectivity index (χ4n) is 2.00. The second-order valence-electron chi connectivity index (χ2n) is 4.92. The fourth-order valence-corrected chi connectivity index (χ4v) is 2.00. The van der Waals surface area contributed by atoms with Crippen LogP contribution in [0.3, 0.4) is 0 Å². The lowest BCUT2D eigenvalue weighted by molar-refractivity contribution is 0.360. The van der Waals surface area contributed by atoms with Crippen molar-refractivity contribution in [3.05, 3.63) is 11.9 Å². The van der Waals surface area contributed by atoms with E-state index in [0.717, 1.165) is 31.8 Å². The minimum Gasteiger partial charge on any atom is -0.493 e. The average Bonchev–Trinajstić information content (AvgIpc) is 2.76. The maximum atomic E-state index is 5.42. The molecule has 0 aromatic carbocycles. The van der Waals surface area contributed by atoms with E-state index < -0.39 is 0 Å². The maximum Gasteiger partial charge on any atom is 0.160 e. The molecule has 0 spiro atoms.